The Balaban J connectivity index is 1.59. The monoisotopic (exact) mass is 400 g/mol. The highest BCUT2D eigenvalue weighted by Crippen LogP contribution is 2.15. The first-order chi connectivity index (χ1) is 13.3. The zero-order valence-electron chi connectivity index (χ0n) is 16.6. The SMILES string of the molecule is Cc1cc(C)cc(CN2CCC(=O)N(CCS(=O)(=O)c3ccccc3)CC2)c1. The van der Waals surface area contributed by atoms with Gasteiger partial charge in [0.1, 0.15) is 0 Å². The summed E-state index contributed by atoms with van der Waals surface area (Å²) in [7, 11) is -3.37. The summed E-state index contributed by atoms with van der Waals surface area (Å²) < 4.78 is 25.0. The summed E-state index contributed by atoms with van der Waals surface area (Å²) >= 11 is 0. The Morgan fingerprint density at radius 2 is 1.61 bits per heavy atom. The van der Waals surface area contributed by atoms with E-state index >= 15 is 0 Å². The molecule has 0 saturated carbocycles. The third-order valence-corrected chi connectivity index (χ3v) is 6.81. The van der Waals surface area contributed by atoms with E-state index in [1.807, 2.05) is 0 Å². The lowest BCUT2D eigenvalue weighted by molar-refractivity contribution is -0.130. The van der Waals surface area contributed by atoms with Gasteiger partial charge in [-0.15, -0.1) is 0 Å². The molecule has 3 rings (SSSR count). The van der Waals surface area contributed by atoms with Gasteiger partial charge in [-0.1, -0.05) is 47.5 Å². The summed E-state index contributed by atoms with van der Waals surface area (Å²) in [5, 5.41) is 0. The van der Waals surface area contributed by atoms with Crippen molar-refractivity contribution in [1.82, 2.24) is 9.80 Å². The van der Waals surface area contributed by atoms with Crippen molar-refractivity contribution in [3.05, 3.63) is 65.2 Å². The largest absolute Gasteiger partial charge is 0.340 e. The zero-order valence-corrected chi connectivity index (χ0v) is 17.4. The molecule has 0 N–H and O–H groups in total. The van der Waals surface area contributed by atoms with Crippen LogP contribution in [0, 0.1) is 13.8 Å². The number of hydrogen-bond acceptors (Lipinski definition) is 4. The van der Waals surface area contributed by atoms with Gasteiger partial charge in [-0.3, -0.25) is 9.69 Å². The van der Waals surface area contributed by atoms with Crippen molar-refractivity contribution in [2.24, 2.45) is 0 Å². The first-order valence-corrected chi connectivity index (χ1v) is 11.3. The predicted molar refractivity (Wildman–Crippen MR) is 111 cm³/mol. The number of sulfone groups is 1. The summed E-state index contributed by atoms with van der Waals surface area (Å²) in [5.74, 6) is -0.00833. The van der Waals surface area contributed by atoms with Crippen molar-refractivity contribution in [3.63, 3.8) is 0 Å². The van der Waals surface area contributed by atoms with Gasteiger partial charge >= 0.3 is 0 Å². The molecule has 0 atom stereocenters. The molecule has 0 aliphatic carbocycles. The Morgan fingerprint density at radius 1 is 0.929 bits per heavy atom. The molecule has 0 bridgehead atoms. The van der Waals surface area contributed by atoms with Crippen molar-refractivity contribution in [2.45, 2.75) is 31.7 Å². The van der Waals surface area contributed by atoms with Gasteiger partial charge in [-0.25, -0.2) is 8.42 Å². The standard InChI is InChI=1S/C22H28N2O3S/c1-18-14-19(2)16-20(15-18)17-23-9-8-22(25)24(11-10-23)12-13-28(26,27)21-6-4-3-5-7-21/h3-7,14-16H,8-13,17H2,1-2H3. The van der Waals surface area contributed by atoms with E-state index in [4.69, 9.17) is 0 Å². The molecule has 0 unspecified atom stereocenters. The van der Waals surface area contributed by atoms with Gasteiger partial charge in [-0.05, 0) is 31.5 Å². The molecule has 6 heteroatoms. The van der Waals surface area contributed by atoms with Crippen molar-refractivity contribution >= 4 is 15.7 Å². The summed E-state index contributed by atoms with van der Waals surface area (Å²) in [6.07, 6.45) is 0.427. The lowest BCUT2D eigenvalue weighted by atomic mass is 10.1. The van der Waals surface area contributed by atoms with E-state index in [0.717, 1.165) is 13.1 Å². The van der Waals surface area contributed by atoms with Gasteiger partial charge in [0.05, 0.1) is 10.6 Å². The number of nitrogens with zero attached hydrogens (tertiary/aromatic N) is 2. The molecule has 2 aromatic carbocycles. The number of benzene rings is 2. The maximum absolute atomic E-state index is 12.5. The molecule has 28 heavy (non-hydrogen) atoms. The Morgan fingerprint density at radius 3 is 2.29 bits per heavy atom. The molecule has 0 aromatic heterocycles. The third-order valence-electron chi connectivity index (χ3n) is 5.10. The average molecular weight is 401 g/mol. The molecule has 0 radical (unpaired) electrons. The summed E-state index contributed by atoms with van der Waals surface area (Å²) in [5.41, 5.74) is 3.74. The van der Waals surface area contributed by atoms with Crippen LogP contribution in [-0.4, -0.2) is 56.1 Å². The van der Waals surface area contributed by atoms with E-state index < -0.39 is 9.84 Å². The highest BCUT2D eigenvalue weighted by Gasteiger charge is 2.23. The molecule has 5 nitrogen and oxygen atoms in total. The lowest BCUT2D eigenvalue weighted by Crippen LogP contribution is -2.36. The van der Waals surface area contributed by atoms with E-state index in [0.29, 0.717) is 24.4 Å². The first kappa shape index (κ1) is 20.6. The lowest BCUT2D eigenvalue weighted by Gasteiger charge is -2.22. The van der Waals surface area contributed by atoms with Crippen molar-refractivity contribution in [3.8, 4) is 0 Å². The van der Waals surface area contributed by atoms with Gasteiger partial charge in [0.25, 0.3) is 0 Å². The van der Waals surface area contributed by atoms with Crippen LogP contribution in [0.25, 0.3) is 0 Å². The Bertz CT molecular complexity index is 906. The van der Waals surface area contributed by atoms with Crippen LogP contribution in [0.2, 0.25) is 0 Å². The highest BCUT2D eigenvalue weighted by molar-refractivity contribution is 7.91. The average Bonchev–Trinajstić information content (AvgIpc) is 2.82. The fraction of sp³-hybridized carbons (Fsp3) is 0.409. The molecule has 2 aromatic rings. The van der Waals surface area contributed by atoms with E-state index in [1.165, 1.54) is 16.7 Å². The van der Waals surface area contributed by atoms with Crippen LogP contribution in [0.4, 0.5) is 0 Å². The van der Waals surface area contributed by atoms with Crippen LogP contribution in [0.15, 0.2) is 53.4 Å². The zero-order chi connectivity index (χ0) is 20.1. The summed E-state index contributed by atoms with van der Waals surface area (Å²) in [4.78, 5) is 16.8. The third kappa shape index (κ3) is 5.42. The van der Waals surface area contributed by atoms with Crippen LogP contribution >= 0.6 is 0 Å². The fourth-order valence-corrected chi connectivity index (χ4v) is 4.97. The number of hydrogen-bond donors (Lipinski definition) is 0. The normalized spacial score (nSPS) is 16.2. The molecule has 1 aliphatic heterocycles. The molecular weight excluding hydrogens is 372 g/mol. The minimum Gasteiger partial charge on any atom is -0.340 e. The Kier molecular flexibility index (Phi) is 6.52. The highest BCUT2D eigenvalue weighted by atomic mass is 32.2. The Labute approximate surface area is 167 Å². The Hall–Kier alpha value is -2.18. The number of carbonyl (C=O) groups excluding carboxylic acids is 1. The van der Waals surface area contributed by atoms with Crippen LogP contribution in [-0.2, 0) is 21.2 Å². The van der Waals surface area contributed by atoms with Crippen molar-refractivity contribution < 1.29 is 13.2 Å². The van der Waals surface area contributed by atoms with Gasteiger partial charge in [0.15, 0.2) is 9.84 Å². The molecular formula is C22H28N2O3S. The van der Waals surface area contributed by atoms with Gasteiger partial charge in [-0.2, -0.15) is 0 Å². The first-order valence-electron chi connectivity index (χ1n) is 9.68. The van der Waals surface area contributed by atoms with E-state index in [9.17, 15) is 13.2 Å². The van der Waals surface area contributed by atoms with Crippen LogP contribution in [0.3, 0.4) is 0 Å². The van der Waals surface area contributed by atoms with E-state index in [1.54, 1.807) is 35.2 Å². The van der Waals surface area contributed by atoms with E-state index in [2.05, 4.69) is 36.9 Å². The number of amides is 1. The van der Waals surface area contributed by atoms with Crippen LogP contribution in [0.5, 0.6) is 0 Å². The molecule has 0 spiro atoms. The minimum atomic E-state index is -3.37. The molecule has 1 amide bonds. The number of rotatable bonds is 6. The molecule has 1 aliphatic rings. The van der Waals surface area contributed by atoms with Crippen molar-refractivity contribution in [2.75, 3.05) is 31.9 Å². The quantitative estimate of drug-likeness (QED) is 0.748. The smallest absolute Gasteiger partial charge is 0.223 e. The van der Waals surface area contributed by atoms with Crippen LogP contribution in [0.1, 0.15) is 23.1 Å². The molecule has 1 saturated heterocycles. The van der Waals surface area contributed by atoms with Gasteiger partial charge in [0, 0.05) is 39.1 Å². The van der Waals surface area contributed by atoms with Gasteiger partial charge < -0.3 is 4.90 Å². The molecule has 150 valence electrons. The van der Waals surface area contributed by atoms with E-state index in [-0.39, 0.29) is 18.2 Å². The fourth-order valence-electron chi connectivity index (χ4n) is 3.70. The second-order valence-corrected chi connectivity index (χ2v) is 9.64. The second kappa shape index (κ2) is 8.88. The van der Waals surface area contributed by atoms with Crippen molar-refractivity contribution in [1.29, 1.82) is 0 Å². The topological polar surface area (TPSA) is 57.7 Å². The predicted octanol–water partition coefficient (Wildman–Crippen LogP) is 2.81. The molecule has 1 heterocycles. The maximum Gasteiger partial charge on any atom is 0.223 e. The maximum atomic E-state index is 12.5. The minimum absolute atomic E-state index is 0.0335. The summed E-state index contributed by atoms with van der Waals surface area (Å²) in [6.45, 7) is 7.26. The number of carbonyl (C=O) groups is 1. The summed E-state index contributed by atoms with van der Waals surface area (Å²) in [6, 6.07) is 15.0. The second-order valence-electron chi connectivity index (χ2n) is 7.53. The van der Waals surface area contributed by atoms with Crippen LogP contribution < -0.4 is 0 Å². The van der Waals surface area contributed by atoms with Gasteiger partial charge in [0.2, 0.25) is 5.91 Å². The molecule has 1 fully saturated rings. The number of aryl methyl sites for hydroxylation is 2.